The first kappa shape index (κ1) is 10.2. The lowest BCUT2D eigenvalue weighted by atomic mass is 9.93. The number of rotatable bonds is 1. The largest absolute Gasteiger partial charge is 0.394 e. The van der Waals surface area contributed by atoms with Gasteiger partial charge in [-0.25, -0.2) is 0 Å². The molecule has 0 aliphatic heterocycles. The number of nitrogen functional groups attached to an aromatic ring is 1. The molecule has 1 fully saturated rings. The van der Waals surface area contributed by atoms with Gasteiger partial charge in [0.1, 0.15) is 0 Å². The maximum atomic E-state index is 11.7. The van der Waals surface area contributed by atoms with Crippen LogP contribution < -0.4 is 11.3 Å². The first-order valence-electron chi connectivity index (χ1n) is 5.33. The van der Waals surface area contributed by atoms with E-state index in [1.165, 1.54) is 0 Å². The molecule has 1 saturated carbocycles. The van der Waals surface area contributed by atoms with Crippen LogP contribution in [-0.4, -0.2) is 15.8 Å². The number of hydrogen-bond donors (Lipinski definition) is 2. The Morgan fingerprint density at radius 1 is 1.47 bits per heavy atom. The van der Waals surface area contributed by atoms with Crippen LogP contribution in [0.3, 0.4) is 0 Å². The Hall–Kier alpha value is -1.29. The Balaban J connectivity index is 2.29. The van der Waals surface area contributed by atoms with Gasteiger partial charge in [0.15, 0.2) is 0 Å². The molecule has 0 bridgehead atoms. The molecule has 1 aliphatic rings. The summed E-state index contributed by atoms with van der Waals surface area (Å²) in [6, 6.07) is 3.49. The van der Waals surface area contributed by atoms with Crippen LogP contribution in [0.25, 0.3) is 0 Å². The van der Waals surface area contributed by atoms with Gasteiger partial charge in [0.25, 0.3) is 5.56 Å². The lowest BCUT2D eigenvalue weighted by Crippen LogP contribution is -2.30. The summed E-state index contributed by atoms with van der Waals surface area (Å²) in [6.07, 6.45) is 4.88. The number of anilines is 1. The third-order valence-corrected chi connectivity index (χ3v) is 3.02. The van der Waals surface area contributed by atoms with Crippen molar-refractivity contribution < 1.29 is 5.11 Å². The minimum Gasteiger partial charge on any atom is -0.394 e. The quantitative estimate of drug-likeness (QED) is 0.720. The van der Waals surface area contributed by atoms with Crippen LogP contribution in [0.15, 0.2) is 23.1 Å². The molecule has 1 aromatic rings. The first-order chi connectivity index (χ1) is 7.18. The number of pyridine rings is 1. The van der Waals surface area contributed by atoms with E-state index in [2.05, 4.69) is 0 Å². The number of hydrogen-bond acceptors (Lipinski definition) is 3. The van der Waals surface area contributed by atoms with E-state index in [-0.39, 0.29) is 23.4 Å². The van der Waals surface area contributed by atoms with Crippen molar-refractivity contribution in [3.8, 4) is 0 Å². The molecule has 1 heterocycles. The van der Waals surface area contributed by atoms with Gasteiger partial charge in [-0.3, -0.25) is 4.79 Å². The highest BCUT2D eigenvalue weighted by Crippen LogP contribution is 2.27. The van der Waals surface area contributed by atoms with E-state index < -0.39 is 0 Å². The fourth-order valence-electron chi connectivity index (χ4n) is 2.21. The van der Waals surface area contributed by atoms with Gasteiger partial charge in [-0.05, 0) is 37.8 Å². The van der Waals surface area contributed by atoms with E-state index in [0.717, 1.165) is 19.3 Å². The monoisotopic (exact) mass is 208 g/mol. The first-order valence-corrected chi connectivity index (χ1v) is 5.33. The van der Waals surface area contributed by atoms with Crippen molar-refractivity contribution >= 4 is 5.69 Å². The Morgan fingerprint density at radius 2 is 2.27 bits per heavy atom. The molecule has 3 N–H and O–H groups in total. The van der Waals surface area contributed by atoms with Crippen LogP contribution in [0, 0.1) is 0 Å². The van der Waals surface area contributed by atoms with Crippen LogP contribution in [0.2, 0.25) is 0 Å². The second kappa shape index (κ2) is 4.06. The topological polar surface area (TPSA) is 68.2 Å². The smallest absolute Gasteiger partial charge is 0.273 e. The average Bonchev–Trinajstić information content (AvgIpc) is 2.22. The zero-order chi connectivity index (χ0) is 10.8. The van der Waals surface area contributed by atoms with E-state index >= 15 is 0 Å². The van der Waals surface area contributed by atoms with Crippen molar-refractivity contribution in [2.45, 2.75) is 37.8 Å². The second-order valence-corrected chi connectivity index (χ2v) is 4.15. The van der Waals surface area contributed by atoms with E-state index in [4.69, 9.17) is 5.73 Å². The Kier molecular flexibility index (Phi) is 2.77. The predicted molar refractivity (Wildman–Crippen MR) is 58.6 cm³/mol. The molecule has 0 unspecified atom stereocenters. The van der Waals surface area contributed by atoms with Crippen molar-refractivity contribution in [3.63, 3.8) is 0 Å². The molecular formula is C11H16N2O2. The summed E-state index contributed by atoms with van der Waals surface area (Å²) in [5.41, 5.74) is 5.70. The Bertz CT molecular complexity index is 400. The van der Waals surface area contributed by atoms with Crippen molar-refractivity contribution in [2.75, 3.05) is 5.73 Å². The summed E-state index contributed by atoms with van der Waals surface area (Å²) in [6.45, 7) is 0. The summed E-state index contributed by atoms with van der Waals surface area (Å²) < 4.78 is 1.65. The minimum atomic E-state index is -0.280. The summed E-state index contributed by atoms with van der Waals surface area (Å²) in [7, 11) is 0. The highest BCUT2D eigenvalue weighted by molar-refractivity contribution is 5.33. The molecule has 1 aliphatic carbocycles. The highest BCUT2D eigenvalue weighted by Gasteiger charge is 2.22. The predicted octanol–water partition coefficient (Wildman–Crippen LogP) is 0.906. The summed E-state index contributed by atoms with van der Waals surface area (Å²) >= 11 is 0. The van der Waals surface area contributed by atoms with E-state index in [1.54, 1.807) is 22.9 Å². The maximum Gasteiger partial charge on any atom is 0.273 e. The molecule has 15 heavy (non-hydrogen) atoms. The van der Waals surface area contributed by atoms with Gasteiger partial charge in [0.2, 0.25) is 0 Å². The standard InChI is InChI=1S/C11H16N2O2/c12-10-5-2-6-13(11(10)15)8-3-1-4-9(14)7-8/h2,5-6,8-9,14H,1,3-4,7,12H2/t8-,9-/m1/s1. The van der Waals surface area contributed by atoms with Gasteiger partial charge >= 0.3 is 0 Å². The molecule has 1 aromatic heterocycles. The summed E-state index contributed by atoms with van der Waals surface area (Å²) in [4.78, 5) is 11.7. The van der Waals surface area contributed by atoms with Gasteiger partial charge in [-0.1, -0.05) is 0 Å². The molecule has 2 rings (SSSR count). The van der Waals surface area contributed by atoms with Crippen LogP contribution in [-0.2, 0) is 0 Å². The average molecular weight is 208 g/mol. The number of aromatic nitrogens is 1. The fraction of sp³-hybridized carbons (Fsp3) is 0.545. The molecule has 4 nitrogen and oxygen atoms in total. The van der Waals surface area contributed by atoms with Crippen LogP contribution in [0.4, 0.5) is 5.69 Å². The maximum absolute atomic E-state index is 11.7. The molecular weight excluding hydrogens is 192 g/mol. The summed E-state index contributed by atoms with van der Waals surface area (Å²) in [5.74, 6) is 0. The molecule has 4 heteroatoms. The van der Waals surface area contributed by atoms with Crippen molar-refractivity contribution in [1.29, 1.82) is 0 Å². The lowest BCUT2D eigenvalue weighted by Gasteiger charge is -2.27. The van der Waals surface area contributed by atoms with Gasteiger partial charge < -0.3 is 15.4 Å². The van der Waals surface area contributed by atoms with Gasteiger partial charge in [0.05, 0.1) is 11.8 Å². The molecule has 2 atom stereocenters. The number of nitrogens with two attached hydrogens (primary N) is 1. The van der Waals surface area contributed by atoms with Crippen molar-refractivity contribution in [3.05, 3.63) is 28.7 Å². The van der Waals surface area contributed by atoms with Gasteiger partial charge in [-0.2, -0.15) is 0 Å². The highest BCUT2D eigenvalue weighted by atomic mass is 16.3. The molecule has 0 saturated heterocycles. The van der Waals surface area contributed by atoms with Gasteiger partial charge in [0, 0.05) is 12.2 Å². The molecule has 0 amide bonds. The van der Waals surface area contributed by atoms with E-state index in [1.807, 2.05) is 0 Å². The molecule has 82 valence electrons. The number of aliphatic hydroxyl groups is 1. The molecule has 0 spiro atoms. The SMILES string of the molecule is Nc1cccn([C@@H]2CCC[C@@H](O)C2)c1=O. The van der Waals surface area contributed by atoms with E-state index in [0.29, 0.717) is 6.42 Å². The Labute approximate surface area is 88.3 Å². The molecule has 0 aromatic carbocycles. The molecule has 0 radical (unpaired) electrons. The minimum absolute atomic E-state index is 0.102. The van der Waals surface area contributed by atoms with Crippen LogP contribution >= 0.6 is 0 Å². The van der Waals surface area contributed by atoms with Gasteiger partial charge in [-0.15, -0.1) is 0 Å². The van der Waals surface area contributed by atoms with Crippen molar-refractivity contribution in [1.82, 2.24) is 4.57 Å². The lowest BCUT2D eigenvalue weighted by molar-refractivity contribution is 0.103. The van der Waals surface area contributed by atoms with Crippen LogP contribution in [0.1, 0.15) is 31.7 Å². The Morgan fingerprint density at radius 3 is 3.00 bits per heavy atom. The number of aliphatic hydroxyl groups excluding tert-OH is 1. The third kappa shape index (κ3) is 2.04. The van der Waals surface area contributed by atoms with Crippen molar-refractivity contribution in [2.24, 2.45) is 0 Å². The summed E-state index contributed by atoms with van der Waals surface area (Å²) in [5, 5.41) is 9.55. The second-order valence-electron chi connectivity index (χ2n) is 4.15. The fourth-order valence-corrected chi connectivity index (χ4v) is 2.21. The van der Waals surface area contributed by atoms with E-state index in [9.17, 15) is 9.90 Å². The normalized spacial score (nSPS) is 26.5. The zero-order valence-corrected chi connectivity index (χ0v) is 8.60. The zero-order valence-electron chi connectivity index (χ0n) is 8.60. The number of nitrogens with zero attached hydrogens (tertiary/aromatic N) is 1. The van der Waals surface area contributed by atoms with Crippen LogP contribution in [0.5, 0.6) is 0 Å². The third-order valence-electron chi connectivity index (χ3n) is 3.02.